The molecule has 1 N–H and O–H groups in total. The van der Waals surface area contributed by atoms with E-state index in [1.165, 1.54) is 11.1 Å². The summed E-state index contributed by atoms with van der Waals surface area (Å²) < 4.78 is 7.45. The Balaban J connectivity index is 1.58. The summed E-state index contributed by atoms with van der Waals surface area (Å²) in [5, 5.41) is 2.83. The van der Waals surface area contributed by atoms with Gasteiger partial charge in [0.2, 0.25) is 0 Å². The lowest BCUT2D eigenvalue weighted by Crippen LogP contribution is -2.32. The molecule has 33 heavy (non-hydrogen) atoms. The van der Waals surface area contributed by atoms with Crippen LogP contribution in [0.25, 0.3) is 22.4 Å². The third kappa shape index (κ3) is 6.10. The van der Waals surface area contributed by atoms with Gasteiger partial charge in [0, 0.05) is 18.3 Å². The van der Waals surface area contributed by atoms with Crippen molar-refractivity contribution in [1.82, 2.24) is 14.9 Å². The number of alkyl carbamates (subject to hydrolysis) is 1. The van der Waals surface area contributed by atoms with Crippen LogP contribution < -0.4 is 5.32 Å². The van der Waals surface area contributed by atoms with E-state index in [1.807, 2.05) is 63.4 Å². The van der Waals surface area contributed by atoms with Gasteiger partial charge in [-0.1, -0.05) is 84.9 Å². The van der Waals surface area contributed by atoms with Gasteiger partial charge >= 0.3 is 6.09 Å². The molecule has 0 fully saturated rings. The molecule has 0 radical (unpaired) electrons. The molecule has 0 saturated carbocycles. The number of imidazole rings is 1. The number of amides is 1. The van der Waals surface area contributed by atoms with Crippen LogP contribution in [0.2, 0.25) is 0 Å². The predicted octanol–water partition coefficient (Wildman–Crippen LogP) is 6.29. The minimum Gasteiger partial charge on any atom is -0.444 e. The Hall–Kier alpha value is -3.86. The summed E-state index contributed by atoms with van der Waals surface area (Å²) >= 11 is 0. The molecule has 0 spiro atoms. The maximum atomic E-state index is 12.2. The third-order valence-corrected chi connectivity index (χ3v) is 5.13. The Bertz CT molecular complexity index is 1190. The van der Waals surface area contributed by atoms with Crippen LogP contribution >= 0.6 is 0 Å². The Kier molecular flexibility index (Phi) is 6.59. The number of aromatic nitrogens is 2. The Morgan fingerprint density at radius 1 is 0.848 bits per heavy atom. The van der Waals surface area contributed by atoms with E-state index < -0.39 is 11.7 Å². The number of nitrogens with zero attached hydrogens (tertiary/aromatic N) is 2. The summed E-state index contributed by atoms with van der Waals surface area (Å²) in [6.45, 7) is 6.49. The highest BCUT2D eigenvalue weighted by molar-refractivity contribution is 5.69. The molecular formula is C28H29N3O2. The van der Waals surface area contributed by atoms with Crippen molar-refractivity contribution < 1.29 is 9.53 Å². The minimum absolute atomic E-state index is 0.282. The number of carbonyl (C=O) groups is 1. The third-order valence-electron chi connectivity index (χ3n) is 5.13. The first kappa shape index (κ1) is 22.3. The van der Waals surface area contributed by atoms with E-state index in [0.717, 1.165) is 22.6 Å². The second-order valence-corrected chi connectivity index (χ2v) is 8.95. The summed E-state index contributed by atoms with van der Waals surface area (Å²) in [5.74, 6) is 0.770. The van der Waals surface area contributed by atoms with Crippen LogP contribution in [-0.4, -0.2) is 21.2 Å². The molecule has 168 valence electrons. The Labute approximate surface area is 195 Å². The zero-order valence-electron chi connectivity index (χ0n) is 19.3. The van der Waals surface area contributed by atoms with Gasteiger partial charge in [-0.3, -0.25) is 0 Å². The van der Waals surface area contributed by atoms with Gasteiger partial charge in [0.15, 0.2) is 0 Å². The molecule has 0 atom stereocenters. The largest absolute Gasteiger partial charge is 0.444 e. The van der Waals surface area contributed by atoms with Crippen LogP contribution in [0.4, 0.5) is 4.79 Å². The zero-order chi connectivity index (χ0) is 23.3. The van der Waals surface area contributed by atoms with Crippen molar-refractivity contribution in [2.75, 3.05) is 0 Å². The van der Waals surface area contributed by atoms with Crippen molar-refractivity contribution in [3.05, 3.63) is 103 Å². The molecule has 4 rings (SSSR count). The summed E-state index contributed by atoms with van der Waals surface area (Å²) in [4.78, 5) is 17.0. The fourth-order valence-corrected chi connectivity index (χ4v) is 3.58. The number of hydrogen-bond acceptors (Lipinski definition) is 3. The number of benzene rings is 3. The van der Waals surface area contributed by atoms with Gasteiger partial charge in [0.25, 0.3) is 0 Å². The monoisotopic (exact) mass is 439 g/mol. The second kappa shape index (κ2) is 9.74. The second-order valence-electron chi connectivity index (χ2n) is 8.95. The molecule has 0 bridgehead atoms. The maximum Gasteiger partial charge on any atom is 0.408 e. The fourth-order valence-electron chi connectivity index (χ4n) is 3.58. The molecule has 3 aromatic carbocycles. The highest BCUT2D eigenvalue weighted by Crippen LogP contribution is 2.25. The minimum atomic E-state index is -0.546. The van der Waals surface area contributed by atoms with Crippen LogP contribution in [0.1, 0.15) is 32.2 Å². The van der Waals surface area contributed by atoms with Crippen LogP contribution in [0, 0.1) is 0 Å². The van der Waals surface area contributed by atoms with Gasteiger partial charge in [-0.2, -0.15) is 0 Å². The average molecular weight is 440 g/mol. The lowest BCUT2D eigenvalue weighted by molar-refractivity contribution is 0.0521. The van der Waals surface area contributed by atoms with Crippen molar-refractivity contribution in [3.8, 4) is 22.4 Å². The van der Waals surface area contributed by atoms with Crippen molar-refractivity contribution in [3.63, 3.8) is 0 Å². The molecule has 4 aromatic rings. The lowest BCUT2D eigenvalue weighted by Gasteiger charge is -2.19. The highest BCUT2D eigenvalue weighted by Gasteiger charge is 2.17. The van der Waals surface area contributed by atoms with Gasteiger partial charge in [0.1, 0.15) is 11.4 Å². The van der Waals surface area contributed by atoms with Crippen LogP contribution in [0.3, 0.4) is 0 Å². The molecular weight excluding hydrogens is 410 g/mol. The van der Waals surface area contributed by atoms with Crippen molar-refractivity contribution >= 4 is 6.09 Å². The van der Waals surface area contributed by atoms with Crippen LogP contribution in [0.15, 0.2) is 91.1 Å². The number of ether oxygens (including phenoxy) is 1. The van der Waals surface area contributed by atoms with Crippen molar-refractivity contribution in [2.45, 2.75) is 39.5 Å². The highest BCUT2D eigenvalue weighted by atomic mass is 16.6. The summed E-state index contributed by atoms with van der Waals surface area (Å²) in [6.07, 6.45) is 1.59. The fraction of sp³-hybridized carbons (Fsp3) is 0.214. The van der Waals surface area contributed by atoms with E-state index in [9.17, 15) is 4.79 Å². The molecule has 1 aromatic heterocycles. The first-order chi connectivity index (χ1) is 15.9. The number of nitrogens with one attached hydrogen (secondary N) is 1. The molecule has 5 heteroatoms. The smallest absolute Gasteiger partial charge is 0.408 e. The Morgan fingerprint density at radius 3 is 2.06 bits per heavy atom. The first-order valence-electron chi connectivity index (χ1n) is 11.1. The Morgan fingerprint density at radius 2 is 1.42 bits per heavy atom. The topological polar surface area (TPSA) is 56.1 Å². The molecule has 1 amide bonds. The van der Waals surface area contributed by atoms with E-state index in [1.54, 1.807) is 0 Å². The zero-order valence-corrected chi connectivity index (χ0v) is 19.3. The van der Waals surface area contributed by atoms with Gasteiger partial charge in [-0.15, -0.1) is 0 Å². The van der Waals surface area contributed by atoms with Gasteiger partial charge in [-0.25, -0.2) is 9.78 Å². The van der Waals surface area contributed by atoms with Crippen LogP contribution in [0.5, 0.6) is 0 Å². The predicted molar refractivity (Wildman–Crippen MR) is 132 cm³/mol. The molecule has 0 aliphatic heterocycles. The lowest BCUT2D eigenvalue weighted by atomic mass is 10.0. The van der Waals surface area contributed by atoms with E-state index in [2.05, 4.69) is 58.4 Å². The standard InChI is InChI=1S/C28H29N3O2/c1-28(2,3)33-27(32)29-18-26-30-25(20-31(26)19-21-10-6-4-7-11-21)24-16-14-23(15-17-24)22-12-8-5-9-13-22/h4-17,20H,18-19H2,1-3H3,(H,29,32). The molecule has 0 saturated heterocycles. The van der Waals surface area contributed by atoms with E-state index >= 15 is 0 Å². The van der Waals surface area contributed by atoms with E-state index in [4.69, 9.17) is 9.72 Å². The van der Waals surface area contributed by atoms with Gasteiger partial charge < -0.3 is 14.6 Å². The molecule has 5 nitrogen and oxygen atoms in total. The summed E-state index contributed by atoms with van der Waals surface area (Å²) in [5.41, 5.74) is 4.86. The van der Waals surface area contributed by atoms with Gasteiger partial charge in [-0.05, 0) is 37.5 Å². The number of hydrogen-bond donors (Lipinski definition) is 1. The number of carbonyl (C=O) groups excluding carboxylic acids is 1. The van der Waals surface area contributed by atoms with Crippen molar-refractivity contribution in [2.24, 2.45) is 0 Å². The molecule has 1 heterocycles. The van der Waals surface area contributed by atoms with Crippen LogP contribution in [-0.2, 0) is 17.8 Å². The SMILES string of the molecule is CC(C)(C)OC(=O)NCc1nc(-c2ccc(-c3ccccc3)cc2)cn1Cc1ccccc1. The van der Waals surface area contributed by atoms with E-state index in [0.29, 0.717) is 6.54 Å². The average Bonchev–Trinajstić information content (AvgIpc) is 3.20. The summed E-state index contributed by atoms with van der Waals surface area (Å²) in [7, 11) is 0. The quantitative estimate of drug-likeness (QED) is 0.384. The first-order valence-corrected chi connectivity index (χ1v) is 11.1. The van der Waals surface area contributed by atoms with Crippen molar-refractivity contribution in [1.29, 1.82) is 0 Å². The van der Waals surface area contributed by atoms with E-state index in [-0.39, 0.29) is 6.54 Å². The normalized spacial score (nSPS) is 11.2. The number of rotatable bonds is 6. The van der Waals surface area contributed by atoms with Gasteiger partial charge in [0.05, 0.1) is 12.2 Å². The molecule has 0 aliphatic rings. The molecule has 0 unspecified atom stereocenters. The maximum absolute atomic E-state index is 12.2. The molecule has 0 aliphatic carbocycles. The summed E-state index contributed by atoms with van der Waals surface area (Å²) in [6, 6.07) is 28.9.